The zero-order chi connectivity index (χ0) is 89.2. The molecule has 0 radical (unpaired) electrons. The van der Waals surface area contributed by atoms with E-state index in [0.29, 0.717) is 75.9 Å². The second kappa shape index (κ2) is 43.7. The summed E-state index contributed by atoms with van der Waals surface area (Å²) in [4.78, 5) is 97.3. The molecule has 7 aliphatic heterocycles. The summed E-state index contributed by atoms with van der Waals surface area (Å²) in [7, 11) is -10.4. The third-order valence-electron chi connectivity index (χ3n) is 24.2. The molecule has 4 aromatic heterocycles. The largest absolute Gasteiger partial charge is 0.410 e. The number of nitrogens with one attached hydrogen (secondary N) is 3. The highest BCUT2D eigenvalue weighted by Crippen LogP contribution is 2.53. The number of hydrogen-bond acceptors (Lipinski definition) is 28. The van der Waals surface area contributed by atoms with Gasteiger partial charge in [0.15, 0.2) is 0 Å². The normalized spacial score (nSPS) is 30.7. The first kappa shape index (κ1) is 102. The van der Waals surface area contributed by atoms with Crippen LogP contribution in [0.25, 0.3) is 0 Å². The quantitative estimate of drug-likeness (QED) is 0.0418. The number of fused-ring (bicyclic) bond motifs is 2. The smallest absolute Gasteiger partial charge is 0.350 e. The van der Waals surface area contributed by atoms with Gasteiger partial charge in [0.1, 0.15) is 34.7 Å². The van der Waals surface area contributed by atoms with Crippen molar-refractivity contribution in [1.82, 2.24) is 38.2 Å². The Balaban J connectivity index is 0.000000211. The molecule has 11 rings (SSSR count). The van der Waals surface area contributed by atoms with Crippen LogP contribution in [0.15, 0.2) is 68.2 Å². The fraction of sp³-hybridized carbons (Fsp3) is 0.759. The molecule has 0 aromatic carbocycles. The van der Waals surface area contributed by atoms with Gasteiger partial charge in [-0.3, -0.25) is 36.9 Å². The molecule has 20 atom stereocenters. The molecule has 0 spiro atoms. The standard InChI is InChI=1S/C25H45N3O5SSi2.C19H40O4SSi2.C13H19N3O3S.C12H17N3O4S.C10H15N3O3S/c1-15(2)35(16(3)4)14-32-36(17(5)6,18(7)8)31-13-21-23(33-35)19(9)24(34-21)28-12-11-22(26-20(10)29)27-25(28)30;1-13(2)25(14(3)4)12-22-26(15(5)6,16(7)8)21-10-18-19(23-25)17(9)11-24(18)20;1-4-9-11(18)7(2)12(20-9)16-6-5-10(14-8(3)17)15-13(16)19;1-6-10(18)8(5-16)20-11(6)15-4-3-9(13-7(2)17)14-12(15)19;1-2-5-7(14)8(15)9(17-5)13-4-3-6(11)12-10(13)16/h11-12,15-19,21,23-24H,13-14H2,1-10H3,(H,26,27,29,30);13-19H,10-12H2,1-9H3;5-7,9,11-12,18H,4H2,1-3H3,(H,14,15,17,19);3-4,6,8,10-11,16,18H,5H2,1-2H3,(H,13,14,17,19);3-5,7-9,14-15H,2H2,1H3,(H2,11,12,16)/t19-,21-,23+,24-;17-,18+,19-,24?;7-,9-,11+,12-;6-,8-,10+,11-;5-,7-,8-,9-/m10111/s1. The fourth-order valence-electron chi connectivity index (χ4n) is 17.0. The number of amides is 3. The van der Waals surface area contributed by atoms with Crippen LogP contribution in [0.5, 0.6) is 0 Å². The van der Waals surface area contributed by atoms with E-state index in [-0.39, 0.29) is 126 Å². The molecule has 7 saturated heterocycles. The zero-order valence-corrected chi connectivity index (χ0v) is 82.1. The number of thioether (sulfide) groups is 4. The van der Waals surface area contributed by atoms with Crippen LogP contribution in [0, 0.1) is 23.7 Å². The Labute approximate surface area is 725 Å². The van der Waals surface area contributed by atoms with Crippen molar-refractivity contribution < 1.29 is 70.7 Å². The number of hydrogen-bond donors (Lipinski definition) is 9. The van der Waals surface area contributed by atoms with Gasteiger partial charge in [-0.15, -0.1) is 47.0 Å². The van der Waals surface area contributed by atoms with Crippen molar-refractivity contribution in [1.29, 1.82) is 0 Å². The Kier molecular flexibility index (Phi) is 37.4. The highest BCUT2D eigenvalue weighted by Gasteiger charge is 2.59. The van der Waals surface area contributed by atoms with E-state index in [2.05, 4.69) is 161 Å². The maximum atomic E-state index is 13.0. The summed E-state index contributed by atoms with van der Waals surface area (Å²) < 4.78 is 60.3. The Morgan fingerprint density at radius 2 is 0.824 bits per heavy atom. The van der Waals surface area contributed by atoms with Gasteiger partial charge in [0, 0.05) is 90.4 Å². The molecule has 3 amide bonds. The molecule has 119 heavy (non-hydrogen) atoms. The van der Waals surface area contributed by atoms with Crippen molar-refractivity contribution >= 4 is 133 Å². The lowest BCUT2D eigenvalue weighted by atomic mass is 10.0. The molecule has 4 aromatic rings. The van der Waals surface area contributed by atoms with E-state index in [1.165, 1.54) is 76.3 Å². The molecule has 0 saturated carbocycles. The molecule has 0 aliphatic carbocycles. The van der Waals surface area contributed by atoms with Gasteiger partial charge in [0.25, 0.3) is 0 Å². The summed E-state index contributed by atoms with van der Waals surface area (Å²) in [6, 6.07) is 6.32. The van der Waals surface area contributed by atoms with Gasteiger partial charge in [0.05, 0.1) is 94.7 Å². The van der Waals surface area contributed by atoms with E-state index in [0.717, 1.165) is 18.6 Å². The summed E-state index contributed by atoms with van der Waals surface area (Å²) >= 11 is 6.08. The van der Waals surface area contributed by atoms with Crippen LogP contribution in [0.1, 0.15) is 207 Å². The maximum Gasteiger partial charge on any atom is 0.350 e. The number of aromatic nitrogens is 8. The van der Waals surface area contributed by atoms with E-state index >= 15 is 0 Å². The van der Waals surface area contributed by atoms with Crippen LogP contribution < -0.4 is 44.4 Å². The second-order valence-corrected chi connectivity index (χ2v) is 60.2. The first-order valence-electron chi connectivity index (χ1n) is 41.8. The van der Waals surface area contributed by atoms with Gasteiger partial charge in [-0.05, 0) is 87.4 Å². The molecular formula is C79H136N12O19S5Si4. The zero-order valence-electron chi connectivity index (χ0n) is 74.0. The van der Waals surface area contributed by atoms with Gasteiger partial charge in [-0.1, -0.05) is 152 Å². The molecule has 10 N–H and O–H groups in total. The van der Waals surface area contributed by atoms with Crippen LogP contribution in [0.3, 0.4) is 0 Å². The molecule has 1 unspecified atom stereocenters. The van der Waals surface area contributed by atoms with E-state index in [9.17, 15) is 63.3 Å². The molecule has 40 heteroatoms. The van der Waals surface area contributed by atoms with Gasteiger partial charge in [-0.2, -0.15) is 19.9 Å². The van der Waals surface area contributed by atoms with Crippen LogP contribution in [-0.2, 0) is 51.7 Å². The number of carbonyl (C=O) groups excluding carboxylic acids is 3. The number of aliphatic hydroxyl groups excluding tert-OH is 5. The van der Waals surface area contributed by atoms with Gasteiger partial charge in [-0.25, -0.2) is 19.2 Å². The van der Waals surface area contributed by atoms with Crippen molar-refractivity contribution in [2.24, 2.45) is 23.7 Å². The predicted molar refractivity (Wildman–Crippen MR) is 485 cm³/mol. The van der Waals surface area contributed by atoms with Crippen LogP contribution in [0.4, 0.5) is 23.3 Å². The summed E-state index contributed by atoms with van der Waals surface area (Å²) in [5.41, 5.74) is 6.61. The van der Waals surface area contributed by atoms with Gasteiger partial charge in [0.2, 0.25) is 34.4 Å². The molecule has 7 aliphatic rings. The Morgan fingerprint density at radius 1 is 0.479 bits per heavy atom. The average molecular weight is 1830 g/mol. The lowest BCUT2D eigenvalue weighted by molar-refractivity contribution is -0.115. The fourth-order valence-corrected chi connectivity index (χ4v) is 42.6. The van der Waals surface area contributed by atoms with Crippen LogP contribution in [0.2, 0.25) is 44.3 Å². The first-order valence-corrected chi connectivity index (χ1v) is 55.5. The number of nitrogen functional groups attached to an aromatic ring is 1. The third-order valence-corrected chi connectivity index (χ3v) is 53.1. The van der Waals surface area contributed by atoms with Crippen molar-refractivity contribution in [3.05, 3.63) is 91.0 Å². The van der Waals surface area contributed by atoms with E-state index in [4.69, 9.17) is 32.3 Å². The molecular weight excluding hydrogens is 1690 g/mol. The second-order valence-electron chi connectivity index (χ2n) is 34.9. The highest BCUT2D eigenvalue weighted by atomic mass is 32.2. The Bertz CT molecular complexity index is 4170. The van der Waals surface area contributed by atoms with Gasteiger partial charge < -0.3 is 73.8 Å². The summed E-state index contributed by atoms with van der Waals surface area (Å²) in [5, 5.41) is 55.4. The molecule has 672 valence electrons. The highest BCUT2D eigenvalue weighted by molar-refractivity contribution is 8.01. The Hall–Kier alpha value is -4.29. The van der Waals surface area contributed by atoms with E-state index in [1.807, 2.05) is 27.7 Å². The van der Waals surface area contributed by atoms with Crippen molar-refractivity contribution in [2.75, 3.05) is 59.7 Å². The average Bonchev–Trinajstić information content (AvgIpc) is 1.63. The first-order chi connectivity index (χ1) is 55.6. The van der Waals surface area contributed by atoms with Crippen molar-refractivity contribution in [2.45, 2.75) is 315 Å². The minimum absolute atomic E-state index is 0.0135. The van der Waals surface area contributed by atoms with Gasteiger partial charge >= 0.3 is 39.9 Å². The van der Waals surface area contributed by atoms with E-state index in [1.54, 1.807) is 58.8 Å². The predicted octanol–water partition coefficient (Wildman–Crippen LogP) is 10.8. The number of nitrogens with two attached hydrogens (primary N) is 1. The molecule has 11 heterocycles. The number of nitrogens with zero attached hydrogens (tertiary/aromatic N) is 8. The minimum Gasteiger partial charge on any atom is -0.410 e. The lowest BCUT2D eigenvalue weighted by Crippen LogP contribution is -2.57. The third kappa shape index (κ3) is 23.5. The Morgan fingerprint density at radius 3 is 1.17 bits per heavy atom. The molecule has 31 nitrogen and oxygen atoms in total. The van der Waals surface area contributed by atoms with Crippen molar-refractivity contribution in [3.8, 4) is 0 Å². The lowest BCUT2D eigenvalue weighted by Gasteiger charge is -2.44. The van der Waals surface area contributed by atoms with E-state index < -0.39 is 91.4 Å². The SMILES string of the molecule is CC(=O)Nc1ccn([C@@H]2S[C@@H]3CO[Si](C(C)C)(C(C)C)OC[Si](C(C)C)(C(C)C)O[C@H]3[C@H]2C)c(=O)n1.CC(=O)Nc1ccn([C@@H]2S[C@H](CO)[C@@H](O)[C@H]2C)c(=O)n1.CC(C)[Si]1(C(C)C)CO[Si](C(C)C)(C(C)C)OC[C@@H]2[C@@H](O1)[C@@H](C)CS2=O.CC[C@H]1S[C@@H](n2ccc(N)nc2=O)[C@H](O)[C@@H]1O.CC[C@H]1S[C@@H](n2ccc(NC(C)=O)nc2=O)[C@H](C)[C@@H]1O. The topological polar surface area (TPSA) is 426 Å². The van der Waals surface area contributed by atoms with Crippen LogP contribution >= 0.6 is 47.0 Å². The number of carbonyl (C=O) groups is 3. The monoisotopic (exact) mass is 1830 g/mol. The molecule has 0 bridgehead atoms. The van der Waals surface area contributed by atoms with Crippen LogP contribution in [-0.4, -0.2) is 220 Å². The number of anilines is 4. The number of aliphatic hydroxyl groups is 5. The maximum absolute atomic E-state index is 13.0. The summed E-state index contributed by atoms with van der Waals surface area (Å²) in [6.45, 7) is 53.2. The summed E-state index contributed by atoms with van der Waals surface area (Å²) in [6.07, 6.45) is 6.46. The number of rotatable bonds is 18. The molecule has 7 fully saturated rings. The summed E-state index contributed by atoms with van der Waals surface area (Å²) in [5.74, 6) is 0.997. The minimum atomic E-state index is -2.53. The van der Waals surface area contributed by atoms with Crippen molar-refractivity contribution in [3.63, 3.8) is 0 Å².